The molecule has 0 bridgehead atoms. The van der Waals surface area contributed by atoms with Gasteiger partial charge in [0.05, 0.1) is 5.92 Å². The molecular formula is C16H17N5OS. The number of carbonyl (C=O) groups is 1. The van der Waals surface area contributed by atoms with Crippen molar-refractivity contribution in [2.45, 2.75) is 38.3 Å². The molecule has 0 spiro atoms. The maximum absolute atomic E-state index is 12.6. The summed E-state index contributed by atoms with van der Waals surface area (Å²) in [5.41, 5.74) is 1.11. The van der Waals surface area contributed by atoms with Crippen LogP contribution in [0.3, 0.4) is 0 Å². The predicted octanol–water partition coefficient (Wildman–Crippen LogP) is 2.47. The van der Waals surface area contributed by atoms with Crippen LogP contribution < -0.4 is 5.32 Å². The Hall–Kier alpha value is -2.28. The Kier molecular flexibility index (Phi) is 3.78. The highest BCUT2D eigenvalue weighted by Gasteiger charge is 2.28. The fraction of sp³-hybridized carbons (Fsp3) is 0.375. The first-order valence-corrected chi connectivity index (χ1v) is 8.69. The van der Waals surface area contributed by atoms with Crippen LogP contribution in [0.4, 0.5) is 0 Å². The number of carbonyl (C=O) groups excluding carboxylic acids is 1. The van der Waals surface area contributed by atoms with Crippen LogP contribution in [0, 0.1) is 0 Å². The third kappa shape index (κ3) is 2.84. The zero-order chi connectivity index (χ0) is 15.6. The van der Waals surface area contributed by atoms with Gasteiger partial charge in [0.25, 0.3) is 0 Å². The summed E-state index contributed by atoms with van der Waals surface area (Å²) in [5.74, 6) is 0.444. The molecule has 6 nitrogen and oxygen atoms in total. The lowest BCUT2D eigenvalue weighted by molar-refractivity contribution is -0.123. The highest BCUT2D eigenvalue weighted by molar-refractivity contribution is 7.17. The predicted molar refractivity (Wildman–Crippen MR) is 88.1 cm³/mol. The molecule has 1 N–H and O–H groups in total. The SMILES string of the molecule is O=C(NCc1ccc2sccc2c1)[C@H]1CCCCn2nnnc21. The Balaban J connectivity index is 1.47. The molecule has 0 unspecified atom stereocenters. The molecule has 0 saturated carbocycles. The number of thiophene rings is 1. The number of tetrazole rings is 1. The quantitative estimate of drug-likeness (QED) is 0.802. The Labute approximate surface area is 137 Å². The molecule has 0 saturated heterocycles. The van der Waals surface area contributed by atoms with Gasteiger partial charge in [0.15, 0.2) is 5.82 Å². The number of hydrogen-bond acceptors (Lipinski definition) is 5. The summed E-state index contributed by atoms with van der Waals surface area (Å²) in [6.45, 7) is 1.32. The Morgan fingerprint density at radius 1 is 1.35 bits per heavy atom. The highest BCUT2D eigenvalue weighted by atomic mass is 32.1. The van der Waals surface area contributed by atoms with Gasteiger partial charge in [-0.25, -0.2) is 4.68 Å². The summed E-state index contributed by atoms with van der Waals surface area (Å²) in [7, 11) is 0. The first-order chi connectivity index (χ1) is 11.3. The first-order valence-electron chi connectivity index (χ1n) is 7.81. The van der Waals surface area contributed by atoms with Crippen LogP contribution in [0.5, 0.6) is 0 Å². The van der Waals surface area contributed by atoms with Gasteiger partial charge in [-0.1, -0.05) is 12.5 Å². The fourth-order valence-corrected chi connectivity index (χ4v) is 3.82. The van der Waals surface area contributed by atoms with Crippen molar-refractivity contribution in [2.24, 2.45) is 0 Å². The normalized spacial score (nSPS) is 17.7. The van der Waals surface area contributed by atoms with Crippen LogP contribution in [-0.2, 0) is 17.9 Å². The van der Waals surface area contributed by atoms with Gasteiger partial charge in [0, 0.05) is 17.8 Å². The van der Waals surface area contributed by atoms with Crippen molar-refractivity contribution >= 4 is 27.3 Å². The number of fused-ring (bicyclic) bond motifs is 2. The number of nitrogens with one attached hydrogen (secondary N) is 1. The zero-order valence-electron chi connectivity index (χ0n) is 12.6. The van der Waals surface area contributed by atoms with Crippen molar-refractivity contribution < 1.29 is 4.79 Å². The van der Waals surface area contributed by atoms with E-state index in [2.05, 4.69) is 50.5 Å². The number of amides is 1. The minimum absolute atomic E-state index is 0.00775. The monoisotopic (exact) mass is 327 g/mol. The minimum atomic E-state index is -0.252. The van der Waals surface area contributed by atoms with Crippen molar-refractivity contribution in [3.05, 3.63) is 41.0 Å². The third-order valence-electron chi connectivity index (χ3n) is 4.28. The standard InChI is InChI=1S/C16H17N5OS/c22-16(13-3-1-2-7-21-15(13)18-19-20-21)17-10-11-4-5-14-12(9-11)6-8-23-14/h4-6,8-9,13H,1-3,7,10H2,(H,17,22)/t13-/m0/s1. The number of rotatable bonds is 3. The van der Waals surface area contributed by atoms with Gasteiger partial charge in [-0.2, -0.15) is 0 Å². The molecule has 3 heterocycles. The molecule has 1 aromatic carbocycles. The van der Waals surface area contributed by atoms with Crippen LogP contribution in [-0.4, -0.2) is 26.1 Å². The van der Waals surface area contributed by atoms with Crippen LogP contribution in [0.1, 0.15) is 36.6 Å². The van der Waals surface area contributed by atoms with E-state index in [9.17, 15) is 4.79 Å². The average molecular weight is 327 g/mol. The smallest absolute Gasteiger partial charge is 0.231 e. The number of nitrogens with zero attached hydrogens (tertiary/aromatic N) is 4. The molecule has 1 aliphatic heterocycles. The number of aryl methyl sites for hydroxylation is 1. The van der Waals surface area contributed by atoms with Gasteiger partial charge < -0.3 is 5.32 Å². The molecule has 0 radical (unpaired) electrons. The molecule has 2 aromatic heterocycles. The Morgan fingerprint density at radius 3 is 3.26 bits per heavy atom. The average Bonchev–Trinajstić information content (AvgIpc) is 3.17. The second-order valence-electron chi connectivity index (χ2n) is 5.82. The van der Waals surface area contributed by atoms with Gasteiger partial charge in [-0.15, -0.1) is 16.4 Å². The molecule has 7 heteroatoms. The van der Waals surface area contributed by atoms with Gasteiger partial charge in [-0.3, -0.25) is 4.79 Å². The van der Waals surface area contributed by atoms with Crippen LogP contribution in [0.25, 0.3) is 10.1 Å². The lowest BCUT2D eigenvalue weighted by Crippen LogP contribution is -2.30. The van der Waals surface area contributed by atoms with Crippen molar-refractivity contribution in [2.75, 3.05) is 0 Å². The minimum Gasteiger partial charge on any atom is -0.351 e. The van der Waals surface area contributed by atoms with Gasteiger partial charge >= 0.3 is 0 Å². The zero-order valence-corrected chi connectivity index (χ0v) is 13.4. The van der Waals surface area contributed by atoms with E-state index in [1.807, 2.05) is 0 Å². The highest BCUT2D eigenvalue weighted by Crippen LogP contribution is 2.25. The second-order valence-corrected chi connectivity index (χ2v) is 6.77. The van der Waals surface area contributed by atoms with Crippen LogP contribution >= 0.6 is 11.3 Å². The molecule has 0 fully saturated rings. The molecule has 0 aliphatic carbocycles. The van der Waals surface area contributed by atoms with Crippen molar-refractivity contribution in [1.29, 1.82) is 0 Å². The van der Waals surface area contributed by atoms with Gasteiger partial charge in [0.1, 0.15) is 0 Å². The lowest BCUT2D eigenvalue weighted by Gasteiger charge is -2.13. The largest absolute Gasteiger partial charge is 0.351 e. The van der Waals surface area contributed by atoms with Crippen LogP contribution in [0.15, 0.2) is 29.6 Å². The van der Waals surface area contributed by atoms with Crippen molar-refractivity contribution in [3.8, 4) is 0 Å². The van der Waals surface area contributed by atoms with E-state index in [4.69, 9.17) is 0 Å². The maximum atomic E-state index is 12.6. The summed E-state index contributed by atoms with van der Waals surface area (Å²) in [6, 6.07) is 8.40. The fourth-order valence-electron chi connectivity index (χ4n) is 3.05. The molecule has 1 atom stereocenters. The first kappa shape index (κ1) is 14.3. The van der Waals surface area contributed by atoms with E-state index in [0.29, 0.717) is 12.4 Å². The Morgan fingerprint density at radius 2 is 2.30 bits per heavy atom. The molecular weight excluding hydrogens is 310 g/mol. The lowest BCUT2D eigenvalue weighted by atomic mass is 10.0. The van der Waals surface area contributed by atoms with E-state index in [1.165, 1.54) is 10.1 Å². The molecule has 1 aliphatic rings. The van der Waals surface area contributed by atoms with Gasteiger partial charge in [-0.05, 0) is 57.8 Å². The number of benzene rings is 1. The van der Waals surface area contributed by atoms with Crippen molar-refractivity contribution in [1.82, 2.24) is 25.5 Å². The summed E-state index contributed by atoms with van der Waals surface area (Å²) in [4.78, 5) is 12.6. The second kappa shape index (κ2) is 6.08. The summed E-state index contributed by atoms with van der Waals surface area (Å²) in [5, 5.41) is 18.1. The molecule has 3 aromatic rings. The van der Waals surface area contributed by atoms with E-state index in [1.54, 1.807) is 16.0 Å². The Bertz CT molecular complexity index is 840. The van der Waals surface area contributed by atoms with Crippen LogP contribution in [0.2, 0.25) is 0 Å². The number of aromatic nitrogens is 4. The van der Waals surface area contributed by atoms with E-state index >= 15 is 0 Å². The molecule has 23 heavy (non-hydrogen) atoms. The summed E-state index contributed by atoms with van der Waals surface area (Å²) >= 11 is 1.73. The molecule has 118 valence electrons. The van der Waals surface area contributed by atoms with E-state index in [-0.39, 0.29) is 11.8 Å². The number of hydrogen-bond donors (Lipinski definition) is 1. The summed E-state index contributed by atoms with van der Waals surface area (Å²) < 4.78 is 3.03. The summed E-state index contributed by atoms with van der Waals surface area (Å²) in [6.07, 6.45) is 2.82. The van der Waals surface area contributed by atoms with Gasteiger partial charge in [0.2, 0.25) is 5.91 Å². The molecule has 4 rings (SSSR count). The van der Waals surface area contributed by atoms with E-state index < -0.39 is 0 Å². The van der Waals surface area contributed by atoms with Crippen molar-refractivity contribution in [3.63, 3.8) is 0 Å². The van der Waals surface area contributed by atoms with E-state index in [0.717, 1.165) is 31.4 Å². The maximum Gasteiger partial charge on any atom is 0.231 e. The third-order valence-corrected chi connectivity index (χ3v) is 5.18. The topological polar surface area (TPSA) is 72.7 Å². The molecule has 1 amide bonds.